The zero-order valence-electron chi connectivity index (χ0n) is 13.1. The Labute approximate surface area is 141 Å². The molecule has 0 aliphatic carbocycles. The zero-order valence-corrected chi connectivity index (χ0v) is 13.1. The number of benzene rings is 3. The predicted molar refractivity (Wildman–Crippen MR) is 95.0 cm³/mol. The van der Waals surface area contributed by atoms with Crippen molar-refractivity contribution in [3.8, 4) is 0 Å². The van der Waals surface area contributed by atoms with Crippen LogP contribution in [0.3, 0.4) is 0 Å². The third-order valence-corrected chi connectivity index (χ3v) is 3.53. The van der Waals surface area contributed by atoms with Gasteiger partial charge in [0.05, 0.1) is 0 Å². The maximum atomic E-state index is 12.8. The molecule has 0 atom stereocenters. The Morgan fingerprint density at radius 3 is 1.79 bits per heavy atom. The average molecular weight is 315 g/mol. The minimum absolute atomic E-state index is 0.158. The zero-order chi connectivity index (χ0) is 16.6. The Kier molecular flexibility index (Phi) is 5.15. The highest BCUT2D eigenvalue weighted by Gasteiger charge is 2.16. The van der Waals surface area contributed by atoms with E-state index in [-0.39, 0.29) is 5.78 Å². The predicted octanol–water partition coefficient (Wildman–Crippen LogP) is 4.49. The van der Waals surface area contributed by atoms with E-state index in [1.165, 1.54) is 0 Å². The highest BCUT2D eigenvalue weighted by Crippen LogP contribution is 2.10. The van der Waals surface area contributed by atoms with Crippen molar-refractivity contribution in [2.75, 3.05) is 0 Å². The molecule has 0 aliphatic heterocycles. The van der Waals surface area contributed by atoms with Crippen molar-refractivity contribution in [3.05, 3.63) is 108 Å². The third-order valence-electron chi connectivity index (χ3n) is 3.53. The first-order chi connectivity index (χ1) is 11.8. The van der Waals surface area contributed by atoms with E-state index < -0.39 is 0 Å². The van der Waals surface area contributed by atoms with Crippen molar-refractivity contribution < 1.29 is 9.63 Å². The van der Waals surface area contributed by atoms with E-state index in [2.05, 4.69) is 5.16 Å². The normalized spacial score (nSPS) is 11.1. The smallest absolute Gasteiger partial charge is 0.215 e. The standard InChI is InChI=1S/C21H17NO2/c23-21(19-14-8-3-9-15-19)20(18-12-6-2-7-13-18)22-24-16-17-10-4-1-5-11-17/h1-15H,16H2/b22-20-. The lowest BCUT2D eigenvalue weighted by Gasteiger charge is -2.07. The first kappa shape index (κ1) is 15.7. The van der Waals surface area contributed by atoms with Crippen molar-refractivity contribution in [1.29, 1.82) is 0 Å². The van der Waals surface area contributed by atoms with Crippen LogP contribution in [0.4, 0.5) is 0 Å². The number of rotatable bonds is 6. The number of carbonyl (C=O) groups is 1. The van der Waals surface area contributed by atoms with Gasteiger partial charge in [0.2, 0.25) is 5.78 Å². The molecule has 0 bridgehead atoms. The lowest BCUT2D eigenvalue weighted by Crippen LogP contribution is -2.16. The number of hydrogen-bond donors (Lipinski definition) is 0. The van der Waals surface area contributed by atoms with Gasteiger partial charge in [-0.1, -0.05) is 96.2 Å². The highest BCUT2D eigenvalue weighted by atomic mass is 16.6. The van der Waals surface area contributed by atoms with Gasteiger partial charge in [-0.2, -0.15) is 0 Å². The second kappa shape index (κ2) is 7.88. The van der Waals surface area contributed by atoms with Gasteiger partial charge in [0, 0.05) is 11.1 Å². The summed E-state index contributed by atoms with van der Waals surface area (Å²) in [7, 11) is 0. The molecule has 0 fully saturated rings. The molecule has 0 saturated carbocycles. The van der Waals surface area contributed by atoms with Gasteiger partial charge in [-0.05, 0) is 5.56 Å². The lowest BCUT2D eigenvalue weighted by atomic mass is 10.0. The molecule has 24 heavy (non-hydrogen) atoms. The number of hydrogen-bond acceptors (Lipinski definition) is 3. The second-order valence-corrected chi connectivity index (χ2v) is 5.26. The summed E-state index contributed by atoms with van der Waals surface area (Å²) in [4.78, 5) is 18.2. The summed E-state index contributed by atoms with van der Waals surface area (Å²) in [5, 5.41) is 4.13. The molecule has 118 valence electrons. The molecule has 0 saturated heterocycles. The van der Waals surface area contributed by atoms with Crippen LogP contribution in [0.25, 0.3) is 0 Å². The number of Topliss-reactive ketones (excluding diaryl/α,β-unsaturated/α-hetero) is 1. The molecular weight excluding hydrogens is 298 g/mol. The molecule has 0 N–H and O–H groups in total. The molecule has 0 aromatic heterocycles. The van der Waals surface area contributed by atoms with Crippen LogP contribution in [0, 0.1) is 0 Å². The first-order valence-corrected chi connectivity index (χ1v) is 7.73. The summed E-state index contributed by atoms with van der Waals surface area (Å²) < 4.78 is 0. The van der Waals surface area contributed by atoms with Crippen molar-refractivity contribution in [3.63, 3.8) is 0 Å². The first-order valence-electron chi connectivity index (χ1n) is 7.73. The van der Waals surface area contributed by atoms with Gasteiger partial charge < -0.3 is 4.84 Å². The Morgan fingerprint density at radius 2 is 1.21 bits per heavy atom. The Hall–Kier alpha value is -3.20. The minimum Gasteiger partial charge on any atom is -0.390 e. The highest BCUT2D eigenvalue weighted by molar-refractivity contribution is 6.51. The van der Waals surface area contributed by atoms with Gasteiger partial charge in [0.25, 0.3) is 0 Å². The summed E-state index contributed by atoms with van der Waals surface area (Å²) >= 11 is 0. The second-order valence-electron chi connectivity index (χ2n) is 5.26. The van der Waals surface area contributed by atoms with Gasteiger partial charge in [-0.15, -0.1) is 0 Å². The van der Waals surface area contributed by atoms with E-state index in [1.807, 2.05) is 78.9 Å². The van der Waals surface area contributed by atoms with E-state index >= 15 is 0 Å². The van der Waals surface area contributed by atoms with Gasteiger partial charge in [0.1, 0.15) is 6.61 Å². The van der Waals surface area contributed by atoms with Crippen LogP contribution >= 0.6 is 0 Å². The number of oxime groups is 1. The number of carbonyl (C=O) groups excluding carboxylic acids is 1. The summed E-state index contributed by atoms with van der Waals surface area (Å²) in [5.41, 5.74) is 2.63. The van der Waals surface area contributed by atoms with Crippen LogP contribution in [0.1, 0.15) is 21.5 Å². The number of ketones is 1. The van der Waals surface area contributed by atoms with Crippen LogP contribution in [0.5, 0.6) is 0 Å². The summed E-state index contributed by atoms with van der Waals surface area (Å²) in [6.07, 6.45) is 0. The van der Waals surface area contributed by atoms with Crippen molar-refractivity contribution in [2.24, 2.45) is 5.16 Å². The molecule has 3 aromatic carbocycles. The van der Waals surface area contributed by atoms with Crippen LogP contribution in [-0.2, 0) is 11.4 Å². The molecule has 0 radical (unpaired) electrons. The van der Waals surface area contributed by atoms with Crippen LogP contribution < -0.4 is 0 Å². The molecule has 0 amide bonds. The van der Waals surface area contributed by atoms with Gasteiger partial charge in [0.15, 0.2) is 5.71 Å². The Bertz CT molecular complexity index is 812. The molecule has 3 rings (SSSR count). The molecule has 0 spiro atoms. The summed E-state index contributed by atoms with van der Waals surface area (Å²) in [5.74, 6) is -0.158. The third kappa shape index (κ3) is 3.96. The van der Waals surface area contributed by atoms with E-state index in [9.17, 15) is 4.79 Å². The van der Waals surface area contributed by atoms with Crippen LogP contribution in [0.2, 0.25) is 0 Å². The fourth-order valence-corrected chi connectivity index (χ4v) is 2.29. The molecule has 3 nitrogen and oxygen atoms in total. The van der Waals surface area contributed by atoms with Crippen LogP contribution in [0.15, 0.2) is 96.2 Å². The SMILES string of the molecule is O=C(/C(=N\OCc1ccccc1)c1ccccc1)c1ccccc1. The molecular formula is C21H17NO2. The minimum atomic E-state index is -0.158. The van der Waals surface area contributed by atoms with E-state index in [1.54, 1.807) is 12.1 Å². The van der Waals surface area contributed by atoms with E-state index in [0.29, 0.717) is 17.9 Å². The monoisotopic (exact) mass is 315 g/mol. The fraction of sp³-hybridized carbons (Fsp3) is 0.0476. The van der Waals surface area contributed by atoms with E-state index in [4.69, 9.17) is 4.84 Å². The number of nitrogens with zero attached hydrogens (tertiary/aromatic N) is 1. The molecule has 0 heterocycles. The molecule has 3 aromatic rings. The largest absolute Gasteiger partial charge is 0.390 e. The Morgan fingerprint density at radius 1 is 0.708 bits per heavy atom. The maximum Gasteiger partial charge on any atom is 0.215 e. The van der Waals surface area contributed by atoms with Gasteiger partial charge in [-0.25, -0.2) is 0 Å². The average Bonchev–Trinajstić information content (AvgIpc) is 2.67. The van der Waals surface area contributed by atoms with Crippen molar-refractivity contribution in [2.45, 2.75) is 6.61 Å². The molecule has 0 aliphatic rings. The van der Waals surface area contributed by atoms with Gasteiger partial charge in [-0.3, -0.25) is 4.79 Å². The molecule has 3 heteroatoms. The quantitative estimate of drug-likeness (QED) is 0.382. The summed E-state index contributed by atoms with van der Waals surface area (Å²) in [6, 6.07) is 28.2. The molecule has 0 unspecified atom stereocenters. The van der Waals surface area contributed by atoms with Gasteiger partial charge >= 0.3 is 0 Å². The fourth-order valence-electron chi connectivity index (χ4n) is 2.29. The topological polar surface area (TPSA) is 38.7 Å². The van der Waals surface area contributed by atoms with Crippen LogP contribution in [-0.4, -0.2) is 11.5 Å². The summed E-state index contributed by atoms with van der Waals surface area (Å²) in [6.45, 7) is 0.319. The Balaban J connectivity index is 1.85. The maximum absolute atomic E-state index is 12.8. The van der Waals surface area contributed by atoms with E-state index in [0.717, 1.165) is 11.1 Å². The van der Waals surface area contributed by atoms with Crippen molar-refractivity contribution in [1.82, 2.24) is 0 Å². The van der Waals surface area contributed by atoms with Crippen molar-refractivity contribution >= 4 is 11.5 Å². The lowest BCUT2D eigenvalue weighted by molar-refractivity contribution is 0.103.